The Morgan fingerprint density at radius 3 is 2.94 bits per heavy atom. The zero-order valence-electron chi connectivity index (χ0n) is 9.69. The lowest BCUT2D eigenvalue weighted by molar-refractivity contribution is 0.0946. The molecule has 2 rings (SSSR count). The van der Waals surface area contributed by atoms with E-state index < -0.39 is 0 Å². The molecule has 0 aliphatic carbocycles. The van der Waals surface area contributed by atoms with Gasteiger partial charge in [0.15, 0.2) is 0 Å². The van der Waals surface area contributed by atoms with E-state index in [1.165, 1.54) is 18.2 Å². The Kier molecular flexibility index (Phi) is 3.84. The predicted molar refractivity (Wildman–Crippen MR) is 65.7 cm³/mol. The summed E-state index contributed by atoms with van der Waals surface area (Å²) in [5.41, 5.74) is 0.859. The van der Waals surface area contributed by atoms with Gasteiger partial charge in [-0.1, -0.05) is 6.07 Å². The van der Waals surface area contributed by atoms with E-state index in [1.807, 2.05) is 0 Å². The van der Waals surface area contributed by atoms with Crippen molar-refractivity contribution >= 4 is 16.8 Å². The first-order chi connectivity index (χ1) is 8.70. The van der Waals surface area contributed by atoms with Gasteiger partial charge < -0.3 is 10.4 Å². The minimum absolute atomic E-state index is 0.0324. The first kappa shape index (κ1) is 12.4. The molecule has 1 aromatic heterocycles. The highest BCUT2D eigenvalue weighted by Gasteiger charge is 2.07. The summed E-state index contributed by atoms with van der Waals surface area (Å²) in [7, 11) is 0. The van der Waals surface area contributed by atoms with Crippen LogP contribution in [0.5, 0.6) is 0 Å². The molecular weight excluding hydrogens is 235 g/mol. The number of rotatable bonds is 4. The van der Waals surface area contributed by atoms with Crippen LogP contribution in [0.3, 0.4) is 0 Å². The summed E-state index contributed by atoms with van der Waals surface area (Å²) < 4.78 is 13.0. The van der Waals surface area contributed by atoms with Crippen molar-refractivity contribution < 1.29 is 14.3 Å². The van der Waals surface area contributed by atoms with Gasteiger partial charge in [-0.15, -0.1) is 0 Å². The van der Waals surface area contributed by atoms with Gasteiger partial charge in [0, 0.05) is 18.5 Å². The Balaban J connectivity index is 2.19. The zero-order chi connectivity index (χ0) is 13.0. The number of carbonyl (C=O) groups is 1. The summed E-state index contributed by atoms with van der Waals surface area (Å²) in [5, 5.41) is 11.9. The molecular formula is C13H13FN2O2. The molecule has 4 nitrogen and oxygen atoms in total. The van der Waals surface area contributed by atoms with Crippen molar-refractivity contribution in [2.45, 2.75) is 6.42 Å². The monoisotopic (exact) mass is 248 g/mol. The Morgan fingerprint density at radius 1 is 1.33 bits per heavy atom. The third-order valence-electron chi connectivity index (χ3n) is 2.50. The van der Waals surface area contributed by atoms with Crippen LogP contribution >= 0.6 is 0 Å². The molecule has 94 valence electrons. The van der Waals surface area contributed by atoms with Crippen molar-refractivity contribution in [2.24, 2.45) is 0 Å². The Bertz CT molecular complexity index is 572. The molecule has 1 heterocycles. The predicted octanol–water partition coefficient (Wildman–Crippen LogP) is 1.49. The molecule has 0 unspecified atom stereocenters. The lowest BCUT2D eigenvalue weighted by Crippen LogP contribution is -2.25. The molecule has 0 saturated carbocycles. The summed E-state index contributed by atoms with van der Waals surface area (Å²) >= 11 is 0. The average Bonchev–Trinajstić information content (AvgIpc) is 2.38. The number of halogens is 1. The van der Waals surface area contributed by atoms with E-state index >= 15 is 0 Å². The van der Waals surface area contributed by atoms with Gasteiger partial charge in [0.25, 0.3) is 5.91 Å². The molecule has 1 amide bonds. The summed E-state index contributed by atoms with van der Waals surface area (Å²) in [4.78, 5) is 15.9. The standard InChI is InChI=1S/C13H13FN2O2/c14-10-3-5-11-9(8-10)2-4-12(16-11)13(18)15-6-1-7-17/h2-5,8,17H,1,6-7H2,(H,15,18). The van der Waals surface area contributed by atoms with Crippen molar-refractivity contribution in [3.05, 3.63) is 41.8 Å². The first-order valence-electron chi connectivity index (χ1n) is 5.66. The third kappa shape index (κ3) is 2.81. The van der Waals surface area contributed by atoms with Gasteiger partial charge in [-0.3, -0.25) is 4.79 Å². The fourth-order valence-corrected chi connectivity index (χ4v) is 1.59. The highest BCUT2D eigenvalue weighted by molar-refractivity contribution is 5.94. The maximum atomic E-state index is 13.0. The third-order valence-corrected chi connectivity index (χ3v) is 2.50. The molecule has 0 saturated heterocycles. The molecule has 0 atom stereocenters. The molecule has 0 fully saturated rings. The Labute approximate surface area is 103 Å². The van der Waals surface area contributed by atoms with Crippen LogP contribution in [0.2, 0.25) is 0 Å². The number of aromatic nitrogens is 1. The van der Waals surface area contributed by atoms with Gasteiger partial charge in [-0.2, -0.15) is 0 Å². The number of nitrogens with zero attached hydrogens (tertiary/aromatic N) is 1. The van der Waals surface area contributed by atoms with Crippen LogP contribution in [0.1, 0.15) is 16.9 Å². The van der Waals surface area contributed by atoms with E-state index in [2.05, 4.69) is 10.3 Å². The molecule has 2 N–H and O–H groups in total. The molecule has 0 radical (unpaired) electrons. The number of nitrogens with one attached hydrogen (secondary N) is 1. The van der Waals surface area contributed by atoms with Gasteiger partial charge in [0.1, 0.15) is 11.5 Å². The number of fused-ring (bicyclic) bond motifs is 1. The second-order valence-electron chi connectivity index (χ2n) is 3.87. The fraction of sp³-hybridized carbons (Fsp3) is 0.231. The van der Waals surface area contributed by atoms with Crippen LogP contribution in [-0.2, 0) is 0 Å². The molecule has 1 aromatic carbocycles. The number of hydrogen-bond donors (Lipinski definition) is 2. The summed E-state index contributed by atoms with van der Waals surface area (Å²) in [5.74, 6) is -0.626. The second-order valence-corrected chi connectivity index (χ2v) is 3.87. The van der Waals surface area contributed by atoms with Crippen LogP contribution < -0.4 is 5.32 Å². The van der Waals surface area contributed by atoms with Crippen LogP contribution in [0.15, 0.2) is 30.3 Å². The van der Waals surface area contributed by atoms with E-state index in [4.69, 9.17) is 5.11 Å². The minimum atomic E-state index is -0.329. The van der Waals surface area contributed by atoms with Gasteiger partial charge in [0.05, 0.1) is 5.52 Å². The topological polar surface area (TPSA) is 62.2 Å². The lowest BCUT2D eigenvalue weighted by atomic mass is 10.2. The molecule has 0 spiro atoms. The normalized spacial score (nSPS) is 10.6. The summed E-state index contributed by atoms with van der Waals surface area (Å²) in [6, 6.07) is 7.43. The largest absolute Gasteiger partial charge is 0.396 e. The quantitative estimate of drug-likeness (QED) is 0.806. The number of carbonyl (C=O) groups excluding carboxylic acids is 1. The fourth-order valence-electron chi connectivity index (χ4n) is 1.59. The first-order valence-corrected chi connectivity index (χ1v) is 5.66. The number of aliphatic hydroxyl groups excluding tert-OH is 1. The number of amides is 1. The van der Waals surface area contributed by atoms with Gasteiger partial charge in [-0.05, 0) is 30.7 Å². The van der Waals surface area contributed by atoms with Gasteiger partial charge >= 0.3 is 0 Å². The van der Waals surface area contributed by atoms with Crippen molar-refractivity contribution in [2.75, 3.05) is 13.2 Å². The SMILES string of the molecule is O=C(NCCCO)c1ccc2cc(F)ccc2n1. The number of pyridine rings is 1. The van der Waals surface area contributed by atoms with Crippen molar-refractivity contribution in [1.29, 1.82) is 0 Å². The minimum Gasteiger partial charge on any atom is -0.396 e. The average molecular weight is 248 g/mol. The van der Waals surface area contributed by atoms with Crippen molar-refractivity contribution in [3.63, 3.8) is 0 Å². The summed E-state index contributed by atoms with van der Waals surface area (Å²) in [6.07, 6.45) is 0.504. The molecule has 18 heavy (non-hydrogen) atoms. The smallest absolute Gasteiger partial charge is 0.269 e. The van der Waals surface area contributed by atoms with E-state index in [-0.39, 0.29) is 24.0 Å². The van der Waals surface area contributed by atoms with Crippen LogP contribution in [0.25, 0.3) is 10.9 Å². The Morgan fingerprint density at radius 2 is 2.17 bits per heavy atom. The van der Waals surface area contributed by atoms with Gasteiger partial charge in [0.2, 0.25) is 0 Å². The van der Waals surface area contributed by atoms with E-state index in [9.17, 15) is 9.18 Å². The highest BCUT2D eigenvalue weighted by Crippen LogP contribution is 2.14. The number of aliphatic hydroxyl groups is 1. The molecule has 0 aliphatic heterocycles. The number of benzene rings is 1. The van der Waals surface area contributed by atoms with Crippen LogP contribution in [-0.4, -0.2) is 29.1 Å². The molecule has 0 bridgehead atoms. The van der Waals surface area contributed by atoms with Crippen LogP contribution in [0.4, 0.5) is 4.39 Å². The van der Waals surface area contributed by atoms with Gasteiger partial charge in [-0.25, -0.2) is 9.37 Å². The highest BCUT2D eigenvalue weighted by atomic mass is 19.1. The maximum Gasteiger partial charge on any atom is 0.269 e. The second kappa shape index (κ2) is 5.55. The molecule has 0 aliphatic rings. The Hall–Kier alpha value is -2.01. The summed E-state index contributed by atoms with van der Waals surface area (Å²) in [6.45, 7) is 0.434. The zero-order valence-corrected chi connectivity index (χ0v) is 9.69. The van der Waals surface area contributed by atoms with Crippen LogP contribution in [0, 0.1) is 5.82 Å². The van der Waals surface area contributed by atoms with Crippen molar-refractivity contribution in [1.82, 2.24) is 10.3 Å². The lowest BCUT2D eigenvalue weighted by Gasteiger charge is -2.04. The van der Waals surface area contributed by atoms with E-state index in [0.717, 1.165) is 0 Å². The molecule has 5 heteroatoms. The van der Waals surface area contributed by atoms with E-state index in [1.54, 1.807) is 12.1 Å². The maximum absolute atomic E-state index is 13.0. The molecule has 2 aromatic rings. The van der Waals surface area contributed by atoms with Crippen molar-refractivity contribution in [3.8, 4) is 0 Å². The number of hydrogen-bond acceptors (Lipinski definition) is 3. The van der Waals surface area contributed by atoms with E-state index in [0.29, 0.717) is 23.9 Å².